The van der Waals surface area contributed by atoms with Crippen molar-refractivity contribution in [3.8, 4) is 39.1 Å². The van der Waals surface area contributed by atoms with Crippen molar-refractivity contribution < 1.29 is 4.42 Å². The molecule has 57 heavy (non-hydrogen) atoms. The third-order valence-corrected chi connectivity index (χ3v) is 11.2. The predicted octanol–water partition coefficient (Wildman–Crippen LogP) is 15.2. The van der Waals surface area contributed by atoms with Crippen LogP contribution in [0.25, 0.3) is 82.8 Å². The van der Waals surface area contributed by atoms with Crippen molar-refractivity contribution in [3.05, 3.63) is 218 Å². The quantitative estimate of drug-likeness (QED) is 0.163. The van der Waals surface area contributed by atoms with Crippen LogP contribution in [0.4, 0.5) is 17.1 Å². The minimum absolute atomic E-state index is 0.859. The summed E-state index contributed by atoms with van der Waals surface area (Å²) in [5.41, 5.74) is 15.3. The van der Waals surface area contributed by atoms with Crippen LogP contribution < -0.4 is 4.90 Å². The van der Waals surface area contributed by atoms with Gasteiger partial charge in [-0.15, -0.1) is 0 Å². The maximum Gasteiger partial charge on any atom is 0.145 e. The van der Waals surface area contributed by atoms with Crippen LogP contribution in [0, 0.1) is 0 Å². The predicted molar refractivity (Wildman–Crippen MR) is 239 cm³/mol. The molecule has 3 heteroatoms. The summed E-state index contributed by atoms with van der Waals surface area (Å²) in [6.45, 7) is 0. The molecule has 0 N–H and O–H groups in total. The number of hydrogen-bond donors (Lipinski definition) is 0. The number of nitrogens with zero attached hydrogens (tertiary/aromatic N) is 2. The van der Waals surface area contributed by atoms with Crippen molar-refractivity contribution in [2.24, 2.45) is 0 Å². The number of fused-ring (bicyclic) bond motifs is 6. The van der Waals surface area contributed by atoms with Crippen LogP contribution in [-0.2, 0) is 0 Å². The monoisotopic (exact) mass is 728 g/mol. The molecule has 0 saturated heterocycles. The second kappa shape index (κ2) is 13.6. The van der Waals surface area contributed by atoms with Gasteiger partial charge in [-0.1, -0.05) is 158 Å². The highest BCUT2D eigenvalue weighted by atomic mass is 16.3. The van der Waals surface area contributed by atoms with E-state index in [4.69, 9.17) is 4.42 Å². The highest BCUT2D eigenvalue weighted by Gasteiger charge is 2.24. The fraction of sp³-hybridized carbons (Fsp3) is 0. The first-order valence-electron chi connectivity index (χ1n) is 19.4. The van der Waals surface area contributed by atoms with Crippen LogP contribution in [-0.4, -0.2) is 4.57 Å². The number of para-hydroxylation sites is 5. The Morgan fingerprint density at radius 2 is 0.842 bits per heavy atom. The van der Waals surface area contributed by atoms with Crippen molar-refractivity contribution in [2.75, 3.05) is 4.90 Å². The fourth-order valence-electron chi connectivity index (χ4n) is 8.58. The first-order valence-corrected chi connectivity index (χ1v) is 19.4. The van der Waals surface area contributed by atoms with Gasteiger partial charge in [-0.2, -0.15) is 0 Å². The highest BCUT2D eigenvalue weighted by Crippen LogP contribution is 2.47. The van der Waals surface area contributed by atoms with Crippen molar-refractivity contribution in [3.63, 3.8) is 0 Å². The number of furan rings is 1. The Hall–Kier alpha value is -7.62. The van der Waals surface area contributed by atoms with Crippen molar-refractivity contribution in [1.82, 2.24) is 4.57 Å². The fourth-order valence-corrected chi connectivity index (χ4v) is 8.58. The van der Waals surface area contributed by atoms with E-state index >= 15 is 0 Å². The molecular weight excluding hydrogens is 693 g/mol. The van der Waals surface area contributed by atoms with E-state index in [0.29, 0.717) is 0 Å². The summed E-state index contributed by atoms with van der Waals surface area (Å²) in [7, 11) is 0. The lowest BCUT2D eigenvalue weighted by Gasteiger charge is -2.27. The lowest BCUT2D eigenvalue weighted by atomic mass is 9.98. The van der Waals surface area contributed by atoms with Crippen LogP contribution in [0.5, 0.6) is 0 Å². The van der Waals surface area contributed by atoms with Gasteiger partial charge in [-0.25, -0.2) is 0 Å². The molecule has 2 aromatic heterocycles. The summed E-state index contributed by atoms with van der Waals surface area (Å²) >= 11 is 0. The molecule has 0 unspecified atom stereocenters. The minimum Gasteiger partial charge on any atom is -0.455 e. The lowest BCUT2D eigenvalue weighted by Crippen LogP contribution is -2.10. The number of aromatic nitrogens is 1. The van der Waals surface area contributed by atoms with E-state index in [9.17, 15) is 0 Å². The van der Waals surface area contributed by atoms with Gasteiger partial charge < -0.3 is 13.9 Å². The third kappa shape index (κ3) is 5.51. The van der Waals surface area contributed by atoms with Crippen LogP contribution in [0.3, 0.4) is 0 Å². The normalized spacial score (nSPS) is 11.5. The minimum atomic E-state index is 0.859. The topological polar surface area (TPSA) is 21.3 Å². The molecule has 2 heterocycles. The average Bonchev–Trinajstić information content (AvgIpc) is 3.84. The summed E-state index contributed by atoms with van der Waals surface area (Å²) in [6, 6.07) is 77.9. The van der Waals surface area contributed by atoms with Crippen molar-refractivity contribution >= 4 is 60.8 Å². The molecule has 0 bridgehead atoms. The van der Waals surface area contributed by atoms with E-state index in [-0.39, 0.29) is 0 Å². The molecule has 3 nitrogen and oxygen atoms in total. The molecule has 0 amide bonds. The zero-order valence-electron chi connectivity index (χ0n) is 31.1. The average molecular weight is 729 g/mol. The molecular formula is C54H36N2O. The second-order valence-electron chi connectivity index (χ2n) is 14.5. The molecule has 0 aliphatic carbocycles. The van der Waals surface area contributed by atoms with Crippen molar-refractivity contribution in [2.45, 2.75) is 0 Å². The van der Waals surface area contributed by atoms with Gasteiger partial charge in [0.15, 0.2) is 0 Å². The number of rotatable bonds is 7. The molecule has 0 fully saturated rings. The molecule has 0 spiro atoms. The van der Waals surface area contributed by atoms with Gasteiger partial charge in [0, 0.05) is 38.7 Å². The Labute approximate surface area is 330 Å². The van der Waals surface area contributed by atoms with Gasteiger partial charge in [0.1, 0.15) is 11.2 Å². The smallest absolute Gasteiger partial charge is 0.145 e. The standard InChI is InChI=1S/C54H36N2O/c1-3-15-37(16-4-1)38-27-29-39(30-28-38)40-31-33-42(34-32-40)55(41-17-5-2-6-18-41)51-36-35-46(54-53(51)47-22-10-14-26-52(47)57-54)45-21-9-13-25-50(45)56-48-23-11-7-19-43(48)44-20-8-12-24-49(44)56/h1-36H. The molecule has 0 aliphatic rings. The van der Waals surface area contributed by atoms with Crippen LogP contribution >= 0.6 is 0 Å². The Balaban J connectivity index is 1.08. The summed E-state index contributed by atoms with van der Waals surface area (Å²) in [6.07, 6.45) is 0. The molecule has 11 aromatic rings. The zero-order chi connectivity index (χ0) is 37.7. The highest BCUT2D eigenvalue weighted by molar-refractivity contribution is 6.18. The van der Waals surface area contributed by atoms with Gasteiger partial charge in [0.2, 0.25) is 0 Å². The van der Waals surface area contributed by atoms with Crippen molar-refractivity contribution in [1.29, 1.82) is 0 Å². The molecule has 0 radical (unpaired) electrons. The van der Waals surface area contributed by atoms with Crippen LogP contribution in [0.2, 0.25) is 0 Å². The van der Waals surface area contributed by atoms with Crippen LogP contribution in [0.1, 0.15) is 0 Å². The van der Waals surface area contributed by atoms with E-state index in [1.165, 1.54) is 44.1 Å². The Morgan fingerprint density at radius 1 is 0.351 bits per heavy atom. The van der Waals surface area contributed by atoms with E-state index in [1.807, 2.05) is 0 Å². The Kier molecular flexibility index (Phi) is 7.82. The van der Waals surface area contributed by atoms with Gasteiger partial charge in [-0.3, -0.25) is 0 Å². The van der Waals surface area contributed by atoms with E-state index in [1.54, 1.807) is 0 Å². The van der Waals surface area contributed by atoms with Gasteiger partial charge in [-0.05, 0) is 82.9 Å². The maximum absolute atomic E-state index is 6.93. The Morgan fingerprint density at radius 3 is 1.51 bits per heavy atom. The zero-order valence-corrected chi connectivity index (χ0v) is 31.1. The summed E-state index contributed by atoms with van der Waals surface area (Å²) in [5, 5.41) is 4.63. The van der Waals surface area contributed by atoms with Gasteiger partial charge in [0.25, 0.3) is 0 Å². The molecule has 0 atom stereocenters. The maximum atomic E-state index is 6.93. The first-order chi connectivity index (χ1) is 28.3. The molecule has 11 rings (SSSR count). The largest absolute Gasteiger partial charge is 0.455 e. The summed E-state index contributed by atoms with van der Waals surface area (Å²) in [4.78, 5) is 2.36. The summed E-state index contributed by atoms with van der Waals surface area (Å²) in [5.74, 6) is 0. The van der Waals surface area contributed by atoms with E-state index in [0.717, 1.165) is 55.8 Å². The molecule has 0 aliphatic heterocycles. The molecule has 0 saturated carbocycles. The van der Waals surface area contributed by atoms with Gasteiger partial charge >= 0.3 is 0 Å². The third-order valence-electron chi connectivity index (χ3n) is 11.2. The number of anilines is 3. The SMILES string of the molecule is c1ccc(-c2ccc(-c3ccc(N(c4ccccc4)c4ccc(-c5ccccc5-n5c6ccccc6c6ccccc65)c5oc6ccccc6c45)cc3)cc2)cc1. The second-order valence-corrected chi connectivity index (χ2v) is 14.5. The Bertz CT molecular complexity index is 3160. The van der Waals surface area contributed by atoms with E-state index < -0.39 is 0 Å². The van der Waals surface area contributed by atoms with Gasteiger partial charge in [0.05, 0.1) is 27.8 Å². The summed E-state index contributed by atoms with van der Waals surface area (Å²) < 4.78 is 9.33. The molecule has 9 aromatic carbocycles. The van der Waals surface area contributed by atoms with E-state index in [2.05, 4.69) is 228 Å². The first kappa shape index (κ1) is 32.8. The lowest BCUT2D eigenvalue weighted by molar-refractivity contribution is 0.670. The molecule has 268 valence electrons. The number of benzene rings is 9. The number of hydrogen-bond acceptors (Lipinski definition) is 2. The van der Waals surface area contributed by atoms with Crippen LogP contribution in [0.15, 0.2) is 223 Å².